The molecule has 1 aromatic rings. The summed E-state index contributed by atoms with van der Waals surface area (Å²) < 4.78 is 0. The number of thioether (sulfide) groups is 1. The second-order valence-corrected chi connectivity index (χ2v) is 6.40. The Kier molecular flexibility index (Phi) is 7.47. The predicted octanol–water partition coefficient (Wildman–Crippen LogP) is 4.35. The van der Waals surface area contributed by atoms with Gasteiger partial charge in [0, 0.05) is 17.0 Å². The Labute approximate surface area is 122 Å². The van der Waals surface area contributed by atoms with E-state index in [0.29, 0.717) is 11.3 Å². The van der Waals surface area contributed by atoms with Crippen LogP contribution in [0.5, 0.6) is 0 Å². The maximum Gasteiger partial charge on any atom is 0.0968 e. The van der Waals surface area contributed by atoms with Gasteiger partial charge in [-0.3, -0.25) is 0 Å². The molecule has 0 amide bonds. The second kappa shape index (κ2) is 8.60. The third-order valence-corrected chi connectivity index (χ3v) is 4.68. The van der Waals surface area contributed by atoms with Crippen LogP contribution < -0.4 is 5.32 Å². The molecule has 0 aromatic carbocycles. The van der Waals surface area contributed by atoms with Gasteiger partial charge in [-0.25, -0.2) is 4.98 Å². The molecule has 1 aromatic heterocycles. The number of aryl methyl sites for hydroxylation is 2. The number of pyridine rings is 1. The molecule has 2 nitrogen and oxygen atoms in total. The number of hydrogen-bond donors (Lipinski definition) is 1. The summed E-state index contributed by atoms with van der Waals surface area (Å²) in [5.74, 6) is 0. The van der Waals surface area contributed by atoms with Crippen molar-refractivity contribution in [2.45, 2.75) is 70.2 Å². The highest BCUT2D eigenvalue weighted by atomic mass is 32.2. The zero-order chi connectivity index (χ0) is 14.3. The summed E-state index contributed by atoms with van der Waals surface area (Å²) in [6, 6.07) is 4.93. The first kappa shape index (κ1) is 16.5. The predicted molar refractivity (Wildman–Crippen MR) is 86.0 cm³/mol. The van der Waals surface area contributed by atoms with Gasteiger partial charge in [-0.05, 0) is 50.9 Å². The summed E-state index contributed by atoms with van der Waals surface area (Å²) in [6.45, 7) is 12.0. The maximum atomic E-state index is 4.66. The first-order chi connectivity index (χ1) is 9.10. The van der Waals surface area contributed by atoms with Crippen LogP contribution in [0.2, 0.25) is 0 Å². The lowest BCUT2D eigenvalue weighted by Gasteiger charge is -2.26. The minimum Gasteiger partial charge on any atom is -0.313 e. The molecule has 1 rings (SSSR count). The summed E-state index contributed by atoms with van der Waals surface area (Å²) in [7, 11) is 0. The topological polar surface area (TPSA) is 24.9 Å². The van der Waals surface area contributed by atoms with E-state index in [2.05, 4.69) is 57.1 Å². The van der Waals surface area contributed by atoms with Crippen LogP contribution in [0, 0.1) is 13.8 Å². The Morgan fingerprint density at radius 2 is 1.95 bits per heavy atom. The average molecular weight is 280 g/mol. The van der Waals surface area contributed by atoms with Crippen LogP contribution in [0.4, 0.5) is 0 Å². The molecule has 0 aliphatic rings. The molecule has 3 heteroatoms. The second-order valence-electron chi connectivity index (χ2n) is 5.14. The van der Waals surface area contributed by atoms with Gasteiger partial charge in [-0.1, -0.05) is 27.2 Å². The van der Waals surface area contributed by atoms with Crippen LogP contribution in [0.15, 0.2) is 17.2 Å². The van der Waals surface area contributed by atoms with Crippen molar-refractivity contribution in [2.75, 3.05) is 6.54 Å². The Morgan fingerprint density at radius 1 is 1.21 bits per heavy atom. The highest BCUT2D eigenvalue weighted by Gasteiger charge is 2.20. The van der Waals surface area contributed by atoms with E-state index in [4.69, 9.17) is 0 Å². The van der Waals surface area contributed by atoms with Crippen molar-refractivity contribution in [1.82, 2.24) is 10.3 Å². The monoisotopic (exact) mass is 280 g/mol. The van der Waals surface area contributed by atoms with Gasteiger partial charge in [-0.2, -0.15) is 0 Å². The smallest absolute Gasteiger partial charge is 0.0968 e. The third-order valence-electron chi connectivity index (χ3n) is 3.26. The van der Waals surface area contributed by atoms with E-state index in [9.17, 15) is 0 Å². The molecule has 0 saturated heterocycles. The van der Waals surface area contributed by atoms with E-state index in [1.54, 1.807) is 0 Å². The van der Waals surface area contributed by atoms with Crippen molar-refractivity contribution < 1.29 is 0 Å². The number of nitrogens with zero attached hydrogens (tertiary/aromatic N) is 1. The van der Waals surface area contributed by atoms with Crippen molar-refractivity contribution in [3.8, 4) is 0 Å². The molecule has 0 aliphatic carbocycles. The molecule has 0 fully saturated rings. The van der Waals surface area contributed by atoms with Crippen LogP contribution in [-0.4, -0.2) is 22.8 Å². The molecular formula is C16H28N2S. The van der Waals surface area contributed by atoms with Crippen LogP contribution in [0.3, 0.4) is 0 Å². The molecule has 0 bridgehead atoms. The fourth-order valence-corrected chi connectivity index (χ4v) is 3.79. The van der Waals surface area contributed by atoms with E-state index >= 15 is 0 Å². The third kappa shape index (κ3) is 5.53. The summed E-state index contributed by atoms with van der Waals surface area (Å²) in [5.41, 5.74) is 2.42. The van der Waals surface area contributed by atoms with E-state index in [1.165, 1.54) is 29.9 Å². The molecular weight excluding hydrogens is 252 g/mol. The molecule has 0 saturated carbocycles. The fraction of sp³-hybridized carbons (Fsp3) is 0.688. The minimum atomic E-state index is 0.590. The summed E-state index contributed by atoms with van der Waals surface area (Å²) >= 11 is 1.93. The van der Waals surface area contributed by atoms with Gasteiger partial charge in [0.2, 0.25) is 0 Å². The molecule has 2 atom stereocenters. The standard InChI is InChI=1S/C16H28N2S/c1-6-9-14(17-8-3)15(7-2)19-16-11-12(4)10-13(5)18-16/h10-11,14-15,17H,6-9H2,1-5H3. The van der Waals surface area contributed by atoms with Crippen molar-refractivity contribution in [3.63, 3.8) is 0 Å². The number of hydrogen-bond acceptors (Lipinski definition) is 3. The van der Waals surface area contributed by atoms with Gasteiger partial charge in [0.15, 0.2) is 0 Å². The number of aromatic nitrogens is 1. The Hall–Kier alpha value is -0.540. The zero-order valence-electron chi connectivity index (χ0n) is 13.0. The average Bonchev–Trinajstić information content (AvgIpc) is 2.34. The fourth-order valence-electron chi connectivity index (χ4n) is 2.46. The Balaban J connectivity index is 2.78. The Morgan fingerprint density at radius 3 is 2.47 bits per heavy atom. The molecule has 0 aliphatic heterocycles. The van der Waals surface area contributed by atoms with E-state index < -0.39 is 0 Å². The molecule has 2 unspecified atom stereocenters. The number of nitrogens with one attached hydrogen (secondary N) is 1. The minimum absolute atomic E-state index is 0.590. The Bertz CT molecular complexity index is 353. The van der Waals surface area contributed by atoms with E-state index in [-0.39, 0.29) is 0 Å². The molecule has 1 N–H and O–H groups in total. The largest absolute Gasteiger partial charge is 0.313 e. The number of rotatable bonds is 8. The zero-order valence-corrected chi connectivity index (χ0v) is 13.8. The van der Waals surface area contributed by atoms with E-state index in [0.717, 1.165) is 12.2 Å². The first-order valence-corrected chi connectivity index (χ1v) is 8.33. The van der Waals surface area contributed by atoms with Gasteiger partial charge < -0.3 is 5.32 Å². The van der Waals surface area contributed by atoms with Crippen molar-refractivity contribution in [1.29, 1.82) is 0 Å². The van der Waals surface area contributed by atoms with Crippen LogP contribution >= 0.6 is 11.8 Å². The summed E-state index contributed by atoms with van der Waals surface area (Å²) in [4.78, 5) is 4.66. The highest BCUT2D eigenvalue weighted by molar-refractivity contribution is 7.99. The maximum absolute atomic E-state index is 4.66. The lowest BCUT2D eigenvalue weighted by Crippen LogP contribution is -2.37. The quantitative estimate of drug-likeness (QED) is 0.717. The van der Waals surface area contributed by atoms with Gasteiger partial charge in [-0.15, -0.1) is 11.8 Å². The van der Waals surface area contributed by atoms with Gasteiger partial charge >= 0.3 is 0 Å². The normalized spacial score (nSPS) is 14.4. The molecule has 19 heavy (non-hydrogen) atoms. The van der Waals surface area contributed by atoms with Crippen molar-refractivity contribution in [3.05, 3.63) is 23.4 Å². The van der Waals surface area contributed by atoms with Gasteiger partial charge in [0.05, 0.1) is 5.03 Å². The van der Waals surface area contributed by atoms with Gasteiger partial charge in [0.1, 0.15) is 0 Å². The van der Waals surface area contributed by atoms with Crippen molar-refractivity contribution in [2.24, 2.45) is 0 Å². The highest BCUT2D eigenvalue weighted by Crippen LogP contribution is 2.28. The molecule has 0 radical (unpaired) electrons. The lowest BCUT2D eigenvalue weighted by atomic mass is 10.1. The first-order valence-electron chi connectivity index (χ1n) is 7.46. The van der Waals surface area contributed by atoms with Gasteiger partial charge in [0.25, 0.3) is 0 Å². The molecule has 1 heterocycles. The summed E-state index contributed by atoms with van der Waals surface area (Å²) in [6.07, 6.45) is 3.65. The SMILES string of the molecule is CCCC(NCC)C(CC)Sc1cc(C)cc(C)n1. The summed E-state index contributed by atoms with van der Waals surface area (Å²) in [5, 5.41) is 5.41. The molecule has 108 valence electrons. The van der Waals surface area contributed by atoms with Crippen LogP contribution in [-0.2, 0) is 0 Å². The van der Waals surface area contributed by atoms with E-state index in [1.807, 2.05) is 11.8 Å². The van der Waals surface area contributed by atoms with Crippen molar-refractivity contribution >= 4 is 11.8 Å². The van der Waals surface area contributed by atoms with Crippen LogP contribution in [0.1, 0.15) is 51.3 Å². The van der Waals surface area contributed by atoms with Crippen LogP contribution in [0.25, 0.3) is 0 Å². The lowest BCUT2D eigenvalue weighted by molar-refractivity contribution is 0.465. The molecule has 0 spiro atoms.